The van der Waals surface area contributed by atoms with Crippen molar-refractivity contribution in [3.05, 3.63) is 38.9 Å². The molecule has 0 heterocycles. The van der Waals surface area contributed by atoms with Gasteiger partial charge in [0.1, 0.15) is 0 Å². The molecule has 0 bridgehead atoms. The summed E-state index contributed by atoms with van der Waals surface area (Å²) >= 11 is 12.3. The van der Waals surface area contributed by atoms with Crippen molar-refractivity contribution in [1.29, 1.82) is 0 Å². The lowest BCUT2D eigenvalue weighted by Crippen LogP contribution is -1.89. The zero-order valence-electron chi connectivity index (χ0n) is 6.21. The fraction of sp³-hybridized carbons (Fsp3) is 0.143. The first-order valence-electron chi connectivity index (χ1n) is 3.24. The molecule has 0 radical (unpaired) electrons. The third-order valence-electron chi connectivity index (χ3n) is 1.43. The van der Waals surface area contributed by atoms with E-state index in [0.29, 0.717) is 5.02 Å². The number of alkyl halides is 2. The molecule has 1 aromatic rings. The second kappa shape index (κ2) is 4.39. The van der Waals surface area contributed by atoms with E-state index >= 15 is 0 Å². The van der Waals surface area contributed by atoms with Gasteiger partial charge in [0.25, 0.3) is 5.69 Å². The summed E-state index contributed by atoms with van der Waals surface area (Å²) in [6, 6.07) is 4.35. The Hall–Kier alpha value is -0.130. The maximum absolute atomic E-state index is 10.4. The van der Waals surface area contributed by atoms with Crippen LogP contribution in [0.2, 0.25) is 5.02 Å². The van der Waals surface area contributed by atoms with Crippen LogP contribution in [0.5, 0.6) is 0 Å². The minimum atomic E-state index is -0.479. The molecule has 6 heteroatoms. The molecule has 0 aliphatic heterocycles. The van der Waals surface area contributed by atoms with Gasteiger partial charge in [0, 0.05) is 12.1 Å². The molecule has 70 valence electrons. The average molecular weight is 329 g/mol. The minimum absolute atomic E-state index is 0.00519. The molecule has 0 N–H and O–H groups in total. The average Bonchev–Trinajstić information content (AvgIpc) is 2.03. The van der Waals surface area contributed by atoms with Crippen LogP contribution in [0, 0.1) is 10.1 Å². The minimum Gasteiger partial charge on any atom is -0.258 e. The molecule has 13 heavy (non-hydrogen) atoms. The van der Waals surface area contributed by atoms with E-state index in [0.717, 1.165) is 5.56 Å². The number of hydrogen-bond acceptors (Lipinski definition) is 2. The lowest BCUT2D eigenvalue weighted by Gasteiger charge is -2.03. The van der Waals surface area contributed by atoms with Gasteiger partial charge in [-0.25, -0.2) is 0 Å². The van der Waals surface area contributed by atoms with Gasteiger partial charge in [-0.3, -0.25) is 10.1 Å². The van der Waals surface area contributed by atoms with E-state index in [9.17, 15) is 10.1 Å². The first-order chi connectivity index (χ1) is 6.02. The van der Waals surface area contributed by atoms with Crippen molar-refractivity contribution in [1.82, 2.24) is 0 Å². The molecule has 0 unspecified atom stereocenters. The Morgan fingerprint density at radius 3 is 2.46 bits per heavy atom. The quantitative estimate of drug-likeness (QED) is 0.467. The van der Waals surface area contributed by atoms with Crippen molar-refractivity contribution in [3.8, 4) is 0 Å². The predicted molar refractivity (Wildman–Crippen MR) is 58.7 cm³/mol. The monoisotopic (exact) mass is 327 g/mol. The molecule has 0 amide bonds. The summed E-state index contributed by atoms with van der Waals surface area (Å²) in [6.45, 7) is 0. The van der Waals surface area contributed by atoms with Crippen molar-refractivity contribution in [3.63, 3.8) is 0 Å². The van der Waals surface area contributed by atoms with Crippen LogP contribution in [-0.2, 0) is 0 Å². The molecule has 0 aliphatic carbocycles. The summed E-state index contributed by atoms with van der Waals surface area (Å²) in [7, 11) is 0. The number of nitro benzene ring substituents is 1. The lowest BCUT2D eigenvalue weighted by atomic mass is 10.2. The summed E-state index contributed by atoms with van der Waals surface area (Å²) in [4.78, 5) is 9.88. The first-order valence-corrected chi connectivity index (χ1v) is 5.45. The van der Waals surface area contributed by atoms with E-state index in [1.165, 1.54) is 12.1 Å². The van der Waals surface area contributed by atoms with Crippen LogP contribution in [0.3, 0.4) is 0 Å². The second-order valence-corrected chi connectivity index (χ2v) is 5.73. The first kappa shape index (κ1) is 10.9. The fourth-order valence-corrected chi connectivity index (χ4v) is 2.15. The number of rotatable bonds is 2. The Balaban J connectivity index is 3.13. The molecular weight excluding hydrogens is 325 g/mol. The molecule has 0 saturated heterocycles. The number of nitrogens with zero attached hydrogens (tertiary/aromatic N) is 1. The zero-order valence-corrected chi connectivity index (χ0v) is 10.1. The molecule has 0 atom stereocenters. The van der Waals surface area contributed by atoms with Crippen LogP contribution in [0.25, 0.3) is 0 Å². The predicted octanol–water partition coefficient (Wildman–Crippen LogP) is 4.04. The Kier molecular flexibility index (Phi) is 3.70. The van der Waals surface area contributed by atoms with E-state index in [-0.39, 0.29) is 9.42 Å². The SMILES string of the molecule is O=[N+]([O-])c1ccc(C(Br)Br)c(Cl)c1. The summed E-state index contributed by atoms with van der Waals surface area (Å²) in [5.41, 5.74) is 0.765. The number of non-ortho nitro benzene ring substituents is 1. The number of hydrogen-bond donors (Lipinski definition) is 0. The molecule has 1 rings (SSSR count). The molecular formula is C7H4Br2ClNO2. The van der Waals surface area contributed by atoms with Crippen molar-refractivity contribution in [2.45, 2.75) is 3.74 Å². The lowest BCUT2D eigenvalue weighted by molar-refractivity contribution is -0.384. The van der Waals surface area contributed by atoms with Gasteiger partial charge in [-0.15, -0.1) is 0 Å². The van der Waals surface area contributed by atoms with Crippen molar-refractivity contribution in [2.24, 2.45) is 0 Å². The van der Waals surface area contributed by atoms with Gasteiger partial charge >= 0.3 is 0 Å². The van der Waals surface area contributed by atoms with Crippen LogP contribution in [0.15, 0.2) is 18.2 Å². The molecule has 3 nitrogen and oxygen atoms in total. The van der Waals surface area contributed by atoms with Gasteiger partial charge in [-0.05, 0) is 11.6 Å². The fourth-order valence-electron chi connectivity index (χ4n) is 0.807. The highest BCUT2D eigenvalue weighted by Gasteiger charge is 2.12. The summed E-state index contributed by atoms with van der Waals surface area (Å²) in [5, 5.41) is 10.7. The van der Waals surface area contributed by atoms with E-state index in [2.05, 4.69) is 31.9 Å². The number of nitro groups is 1. The van der Waals surface area contributed by atoms with Crippen LogP contribution in [-0.4, -0.2) is 4.92 Å². The Bertz CT molecular complexity index is 343. The Morgan fingerprint density at radius 2 is 2.08 bits per heavy atom. The van der Waals surface area contributed by atoms with Gasteiger partial charge in [0.05, 0.1) is 13.7 Å². The van der Waals surface area contributed by atoms with Crippen LogP contribution >= 0.6 is 43.5 Å². The third-order valence-corrected chi connectivity index (χ3v) is 2.74. The summed E-state index contributed by atoms with van der Waals surface area (Å²) in [5.74, 6) is 0. The standard InChI is InChI=1S/C7H4Br2ClNO2/c8-7(9)5-2-1-4(11(12)13)3-6(5)10/h1-3,7H. The van der Waals surface area contributed by atoms with E-state index < -0.39 is 4.92 Å². The van der Waals surface area contributed by atoms with E-state index in [1.807, 2.05) is 0 Å². The van der Waals surface area contributed by atoms with E-state index in [1.54, 1.807) is 6.07 Å². The van der Waals surface area contributed by atoms with Crippen molar-refractivity contribution in [2.75, 3.05) is 0 Å². The van der Waals surface area contributed by atoms with Gasteiger partial charge in [0.15, 0.2) is 0 Å². The third kappa shape index (κ3) is 2.65. The van der Waals surface area contributed by atoms with E-state index in [4.69, 9.17) is 11.6 Å². The Morgan fingerprint density at radius 1 is 1.46 bits per heavy atom. The Labute approximate surface area is 96.5 Å². The second-order valence-electron chi connectivity index (χ2n) is 2.26. The maximum Gasteiger partial charge on any atom is 0.270 e. The zero-order chi connectivity index (χ0) is 10.0. The molecule has 0 fully saturated rings. The van der Waals surface area contributed by atoms with Crippen LogP contribution in [0.4, 0.5) is 5.69 Å². The molecule has 0 aromatic heterocycles. The van der Waals surface area contributed by atoms with Gasteiger partial charge in [-0.2, -0.15) is 0 Å². The summed E-state index contributed by atoms with van der Waals surface area (Å²) in [6.07, 6.45) is 0. The smallest absolute Gasteiger partial charge is 0.258 e. The normalized spacial score (nSPS) is 10.5. The highest BCUT2D eigenvalue weighted by atomic mass is 79.9. The largest absolute Gasteiger partial charge is 0.270 e. The number of halogens is 3. The van der Waals surface area contributed by atoms with Crippen LogP contribution in [0.1, 0.15) is 9.30 Å². The molecule has 0 spiro atoms. The summed E-state index contributed by atoms with van der Waals surface area (Å²) < 4.78 is -0.0895. The van der Waals surface area contributed by atoms with Crippen molar-refractivity contribution < 1.29 is 4.92 Å². The van der Waals surface area contributed by atoms with Gasteiger partial charge in [0.2, 0.25) is 0 Å². The topological polar surface area (TPSA) is 43.1 Å². The highest BCUT2D eigenvalue weighted by Crippen LogP contribution is 2.35. The number of benzene rings is 1. The molecule has 0 aliphatic rings. The van der Waals surface area contributed by atoms with Crippen molar-refractivity contribution >= 4 is 49.1 Å². The molecule has 1 aromatic carbocycles. The molecule has 0 saturated carbocycles. The van der Waals surface area contributed by atoms with Gasteiger partial charge < -0.3 is 0 Å². The van der Waals surface area contributed by atoms with Crippen LogP contribution < -0.4 is 0 Å². The maximum atomic E-state index is 10.4. The van der Waals surface area contributed by atoms with Gasteiger partial charge in [-0.1, -0.05) is 43.5 Å². The highest BCUT2D eigenvalue weighted by molar-refractivity contribution is 9.24.